The number of rotatable bonds is 3. The fourth-order valence-electron chi connectivity index (χ4n) is 3.18. The van der Waals surface area contributed by atoms with Crippen LogP contribution < -0.4 is 5.32 Å². The molecule has 114 valence electrons. The van der Waals surface area contributed by atoms with Gasteiger partial charge in [-0.1, -0.05) is 12.1 Å². The number of carbonyl (C=O) groups is 1. The Morgan fingerprint density at radius 2 is 2.38 bits per heavy atom. The van der Waals surface area contributed by atoms with Crippen LogP contribution in [0.2, 0.25) is 0 Å². The molecule has 1 N–H and O–H groups in total. The van der Waals surface area contributed by atoms with Crippen LogP contribution in [0.4, 0.5) is 4.39 Å². The van der Waals surface area contributed by atoms with Gasteiger partial charge in [0.1, 0.15) is 11.9 Å². The molecule has 2 aliphatic rings. The van der Waals surface area contributed by atoms with Crippen LogP contribution in [0, 0.1) is 5.82 Å². The number of ether oxygens (including phenoxy) is 1. The maximum absolute atomic E-state index is 13.3. The highest BCUT2D eigenvalue weighted by atomic mass is 19.1. The van der Waals surface area contributed by atoms with Crippen molar-refractivity contribution in [2.45, 2.75) is 31.4 Å². The highest BCUT2D eigenvalue weighted by Crippen LogP contribution is 2.23. The quantitative estimate of drug-likeness (QED) is 0.914. The van der Waals surface area contributed by atoms with E-state index >= 15 is 0 Å². The summed E-state index contributed by atoms with van der Waals surface area (Å²) in [5.41, 5.74) is 0.947. The van der Waals surface area contributed by atoms with E-state index in [2.05, 4.69) is 5.32 Å². The maximum Gasteiger partial charge on any atom is 0.253 e. The van der Waals surface area contributed by atoms with Crippen molar-refractivity contribution in [1.82, 2.24) is 10.2 Å². The molecule has 1 aromatic rings. The lowest BCUT2D eigenvalue weighted by atomic mass is 10.0. The molecule has 0 bridgehead atoms. The molecule has 0 spiro atoms. The summed E-state index contributed by atoms with van der Waals surface area (Å²) in [6, 6.07) is 6.80. The lowest BCUT2D eigenvalue weighted by Gasteiger charge is -2.31. The van der Waals surface area contributed by atoms with Gasteiger partial charge in [0.05, 0.1) is 6.61 Å². The van der Waals surface area contributed by atoms with Gasteiger partial charge in [0.25, 0.3) is 5.91 Å². The van der Waals surface area contributed by atoms with Gasteiger partial charge < -0.3 is 15.0 Å². The van der Waals surface area contributed by atoms with Gasteiger partial charge in [-0.15, -0.1) is 0 Å². The van der Waals surface area contributed by atoms with Crippen LogP contribution in [-0.4, -0.2) is 49.2 Å². The van der Waals surface area contributed by atoms with E-state index in [0.717, 1.165) is 31.5 Å². The van der Waals surface area contributed by atoms with Gasteiger partial charge in [-0.05, 0) is 37.0 Å². The Morgan fingerprint density at radius 3 is 3.14 bits per heavy atom. The van der Waals surface area contributed by atoms with Gasteiger partial charge in [-0.2, -0.15) is 0 Å². The van der Waals surface area contributed by atoms with Crippen molar-refractivity contribution >= 4 is 5.91 Å². The predicted octanol–water partition coefficient (Wildman–Crippen LogP) is 1.35. The van der Waals surface area contributed by atoms with Crippen LogP contribution in [0.15, 0.2) is 24.3 Å². The Labute approximate surface area is 124 Å². The number of benzene rings is 1. The Balaban J connectivity index is 1.66. The SMILES string of the molecule is O=C([C@@H]1CNCCO1)N1CCC[C@H]1Cc1cccc(F)c1. The zero-order valence-corrected chi connectivity index (χ0v) is 12.1. The fraction of sp³-hybridized carbons (Fsp3) is 0.562. The largest absolute Gasteiger partial charge is 0.366 e. The van der Waals surface area contributed by atoms with E-state index in [1.54, 1.807) is 12.1 Å². The van der Waals surface area contributed by atoms with Crippen molar-refractivity contribution in [1.29, 1.82) is 0 Å². The van der Waals surface area contributed by atoms with Crippen molar-refractivity contribution in [3.05, 3.63) is 35.6 Å². The minimum Gasteiger partial charge on any atom is -0.366 e. The summed E-state index contributed by atoms with van der Waals surface area (Å²) < 4.78 is 18.8. The van der Waals surface area contributed by atoms with Gasteiger partial charge in [-0.3, -0.25) is 4.79 Å². The second-order valence-corrected chi connectivity index (χ2v) is 5.73. The second kappa shape index (κ2) is 6.54. The standard InChI is InChI=1S/C16H21FN2O2/c17-13-4-1-3-12(9-13)10-14-5-2-7-19(14)16(20)15-11-18-6-8-21-15/h1,3-4,9,14-15,18H,2,5-8,10-11H2/t14-,15-/m0/s1. The minimum atomic E-state index is -0.369. The predicted molar refractivity (Wildman–Crippen MR) is 77.4 cm³/mol. The highest BCUT2D eigenvalue weighted by Gasteiger charge is 2.34. The molecule has 0 radical (unpaired) electrons. The Kier molecular flexibility index (Phi) is 4.51. The molecule has 2 atom stereocenters. The molecule has 0 aliphatic carbocycles. The van der Waals surface area contributed by atoms with Crippen molar-refractivity contribution in [2.75, 3.05) is 26.2 Å². The molecule has 1 amide bonds. The first kappa shape index (κ1) is 14.5. The van der Waals surface area contributed by atoms with E-state index in [4.69, 9.17) is 4.74 Å². The molecule has 0 aromatic heterocycles. The molecule has 3 rings (SSSR count). The van der Waals surface area contributed by atoms with E-state index in [9.17, 15) is 9.18 Å². The van der Waals surface area contributed by atoms with Crippen LogP contribution in [0.5, 0.6) is 0 Å². The summed E-state index contributed by atoms with van der Waals surface area (Å²) >= 11 is 0. The molecule has 5 heteroatoms. The highest BCUT2D eigenvalue weighted by molar-refractivity contribution is 5.82. The molecule has 21 heavy (non-hydrogen) atoms. The lowest BCUT2D eigenvalue weighted by molar-refractivity contribution is -0.146. The number of morpholine rings is 1. The number of nitrogens with one attached hydrogen (secondary N) is 1. The lowest BCUT2D eigenvalue weighted by Crippen LogP contribution is -2.51. The van der Waals surface area contributed by atoms with Crippen molar-refractivity contribution in [2.24, 2.45) is 0 Å². The first-order chi connectivity index (χ1) is 10.2. The number of hydrogen-bond acceptors (Lipinski definition) is 3. The first-order valence-corrected chi connectivity index (χ1v) is 7.61. The summed E-state index contributed by atoms with van der Waals surface area (Å²) in [6.07, 6.45) is 2.32. The molecule has 0 unspecified atom stereocenters. The van der Waals surface area contributed by atoms with E-state index in [1.165, 1.54) is 6.07 Å². The molecule has 2 heterocycles. The first-order valence-electron chi connectivity index (χ1n) is 7.61. The van der Waals surface area contributed by atoms with Crippen molar-refractivity contribution in [3.63, 3.8) is 0 Å². The molecule has 2 saturated heterocycles. The number of nitrogens with zero attached hydrogens (tertiary/aromatic N) is 1. The third-order valence-corrected chi connectivity index (χ3v) is 4.22. The van der Waals surface area contributed by atoms with Gasteiger partial charge in [-0.25, -0.2) is 4.39 Å². The van der Waals surface area contributed by atoms with Crippen LogP contribution in [0.1, 0.15) is 18.4 Å². The van der Waals surface area contributed by atoms with Gasteiger partial charge in [0.2, 0.25) is 0 Å². The minimum absolute atomic E-state index is 0.0705. The molecule has 1 aromatic carbocycles. The van der Waals surface area contributed by atoms with Gasteiger partial charge in [0, 0.05) is 25.7 Å². The summed E-state index contributed by atoms with van der Waals surface area (Å²) in [5, 5.41) is 3.19. The monoisotopic (exact) mass is 292 g/mol. The third-order valence-electron chi connectivity index (χ3n) is 4.22. The number of carbonyl (C=O) groups excluding carboxylic acids is 1. The van der Waals surface area contributed by atoms with Crippen LogP contribution >= 0.6 is 0 Å². The van der Waals surface area contributed by atoms with E-state index in [1.807, 2.05) is 11.0 Å². The smallest absolute Gasteiger partial charge is 0.253 e. The van der Waals surface area contributed by atoms with E-state index in [0.29, 0.717) is 19.6 Å². The number of hydrogen-bond donors (Lipinski definition) is 1. The molecule has 4 nitrogen and oxygen atoms in total. The third kappa shape index (κ3) is 3.41. The number of halogens is 1. The van der Waals surface area contributed by atoms with Crippen molar-refractivity contribution < 1.29 is 13.9 Å². The summed E-state index contributed by atoms with van der Waals surface area (Å²) in [5.74, 6) is -0.149. The second-order valence-electron chi connectivity index (χ2n) is 5.73. The summed E-state index contributed by atoms with van der Waals surface area (Å²) in [4.78, 5) is 14.5. The topological polar surface area (TPSA) is 41.6 Å². The van der Waals surface area contributed by atoms with Gasteiger partial charge >= 0.3 is 0 Å². The number of amides is 1. The molecular weight excluding hydrogens is 271 g/mol. The van der Waals surface area contributed by atoms with Crippen LogP contribution in [0.25, 0.3) is 0 Å². The number of likely N-dealkylation sites (tertiary alicyclic amines) is 1. The van der Waals surface area contributed by atoms with E-state index < -0.39 is 0 Å². The van der Waals surface area contributed by atoms with Crippen molar-refractivity contribution in [3.8, 4) is 0 Å². The van der Waals surface area contributed by atoms with Crippen LogP contribution in [-0.2, 0) is 16.0 Å². The van der Waals surface area contributed by atoms with E-state index in [-0.39, 0.29) is 23.9 Å². The van der Waals surface area contributed by atoms with Crippen LogP contribution in [0.3, 0.4) is 0 Å². The molecule has 2 aliphatic heterocycles. The van der Waals surface area contributed by atoms with Gasteiger partial charge in [0.15, 0.2) is 0 Å². The maximum atomic E-state index is 13.3. The fourth-order valence-corrected chi connectivity index (χ4v) is 3.18. The normalized spacial score (nSPS) is 26.0. The average molecular weight is 292 g/mol. The average Bonchev–Trinajstić information content (AvgIpc) is 2.95. The Bertz CT molecular complexity index is 503. The zero-order valence-electron chi connectivity index (χ0n) is 12.1. The Morgan fingerprint density at radius 1 is 1.48 bits per heavy atom. The summed E-state index contributed by atoms with van der Waals surface area (Å²) in [7, 11) is 0. The zero-order chi connectivity index (χ0) is 14.7. The molecular formula is C16H21FN2O2. The summed E-state index contributed by atoms with van der Waals surface area (Å²) in [6.45, 7) is 2.75. The molecule has 0 saturated carbocycles. The molecule has 2 fully saturated rings. The Hall–Kier alpha value is -1.46.